The second-order valence-corrected chi connectivity index (χ2v) is 11.0. The topological polar surface area (TPSA) is 34.1 Å². The van der Waals surface area contributed by atoms with E-state index in [4.69, 9.17) is 11.2 Å². The van der Waals surface area contributed by atoms with Gasteiger partial charge < -0.3 is 9.13 Å². The fraction of sp³-hybridized carbons (Fsp3) is 0.714. The molecule has 76 valence electrons. The first-order valence-electron chi connectivity index (χ1n) is 2.99. The van der Waals surface area contributed by atoms with Gasteiger partial charge in [0.2, 0.25) is 0 Å². The summed E-state index contributed by atoms with van der Waals surface area (Å²) in [7, 11) is -1.88. The van der Waals surface area contributed by atoms with Crippen molar-refractivity contribution in [1.29, 1.82) is 0 Å². The summed E-state index contributed by atoms with van der Waals surface area (Å²) < 4.78 is 20.4. The number of halogens is 1. The van der Waals surface area contributed by atoms with Crippen LogP contribution in [-0.4, -0.2) is 26.7 Å². The fourth-order valence-corrected chi connectivity index (χ4v) is 0. The van der Waals surface area contributed by atoms with E-state index in [1.807, 2.05) is 0 Å². The molecule has 5 heteroatoms. The van der Waals surface area contributed by atoms with Crippen LogP contribution < -0.4 is 0 Å². The minimum Gasteiger partial charge on any atom is -0.320 e. The van der Waals surface area contributed by atoms with Gasteiger partial charge in [0.1, 0.15) is 7.14 Å². The lowest BCUT2D eigenvalue weighted by atomic mass is 11.3. The summed E-state index contributed by atoms with van der Waals surface area (Å²) in [5.41, 5.74) is 0. The van der Waals surface area contributed by atoms with Crippen LogP contribution in [0.15, 0.2) is 12.4 Å². The first-order valence-corrected chi connectivity index (χ1v) is 9.17. The van der Waals surface area contributed by atoms with Crippen molar-refractivity contribution >= 4 is 24.9 Å². The highest BCUT2D eigenvalue weighted by Crippen LogP contribution is 2.41. The molecule has 0 fully saturated rings. The van der Waals surface area contributed by atoms with Gasteiger partial charge in [0.05, 0.1) is 0 Å². The van der Waals surface area contributed by atoms with Crippen molar-refractivity contribution in [3.8, 4) is 0 Å². The zero-order valence-electron chi connectivity index (χ0n) is 7.37. The molecular formula is C7H19ClO2P2. The zero-order valence-corrected chi connectivity index (χ0v) is 9.92. The van der Waals surface area contributed by atoms with Gasteiger partial charge in [-0.25, -0.2) is 0 Å². The van der Waals surface area contributed by atoms with Crippen LogP contribution in [0, 0.1) is 0 Å². The molecule has 0 radical (unpaired) electrons. The van der Waals surface area contributed by atoms with Crippen molar-refractivity contribution in [2.24, 2.45) is 0 Å². The highest BCUT2D eigenvalue weighted by molar-refractivity contribution is 7.88. The van der Waals surface area contributed by atoms with Crippen LogP contribution in [0.3, 0.4) is 0 Å². The van der Waals surface area contributed by atoms with Crippen molar-refractivity contribution < 1.29 is 9.13 Å². The lowest BCUT2D eigenvalue weighted by Gasteiger charge is -1.90. The first-order chi connectivity index (χ1) is 4.56. The molecule has 0 aliphatic carbocycles. The second kappa shape index (κ2) is 6.95. The molecule has 0 aromatic rings. The minimum atomic E-state index is -2.17. The van der Waals surface area contributed by atoms with Crippen LogP contribution in [0.2, 0.25) is 0 Å². The van der Waals surface area contributed by atoms with E-state index in [0.717, 1.165) is 0 Å². The van der Waals surface area contributed by atoms with Crippen LogP contribution in [-0.2, 0) is 9.13 Å². The van der Waals surface area contributed by atoms with Crippen molar-refractivity contribution in [1.82, 2.24) is 0 Å². The lowest BCUT2D eigenvalue weighted by Crippen LogP contribution is -1.59. The number of hydrogen-bond donors (Lipinski definition) is 0. The molecule has 0 heterocycles. The molecule has 0 saturated heterocycles. The lowest BCUT2D eigenvalue weighted by molar-refractivity contribution is 0.587. The molecule has 0 aliphatic heterocycles. The Kier molecular flexibility index (Phi) is 10.6. The Morgan fingerprint density at radius 1 is 1.17 bits per heavy atom. The molecule has 0 rings (SSSR count). The minimum absolute atomic E-state index is 0. The number of rotatable bonds is 1. The van der Waals surface area contributed by atoms with Crippen LogP contribution in [0.5, 0.6) is 0 Å². The largest absolute Gasteiger partial charge is 0.320 e. The molecule has 0 spiro atoms. The standard InChI is InChI=1S/C4H9OP.C2H6ClOP.CH4/c1-4-6(2,3)5;1-5(2,3)4;/h4H,1H2,2-3H3;1-2H3;1H4. The van der Waals surface area contributed by atoms with Gasteiger partial charge >= 0.3 is 0 Å². The van der Waals surface area contributed by atoms with E-state index < -0.39 is 13.6 Å². The molecule has 0 unspecified atom stereocenters. The van der Waals surface area contributed by atoms with Gasteiger partial charge in [-0.05, 0) is 19.1 Å². The third kappa shape index (κ3) is 77.6. The van der Waals surface area contributed by atoms with Gasteiger partial charge in [-0.1, -0.05) is 25.2 Å². The molecule has 2 nitrogen and oxygen atoms in total. The summed E-state index contributed by atoms with van der Waals surface area (Å²) in [5, 5.41) is 0. The highest BCUT2D eigenvalue weighted by Gasteiger charge is 1.94. The maximum atomic E-state index is 10.5. The second-order valence-electron chi connectivity index (χ2n) is 2.84. The molecule has 0 aliphatic rings. The Labute approximate surface area is 80.9 Å². The van der Waals surface area contributed by atoms with Gasteiger partial charge in [0.25, 0.3) is 0 Å². The molecule has 12 heavy (non-hydrogen) atoms. The molecule has 0 N–H and O–H groups in total. The Morgan fingerprint density at radius 2 is 1.25 bits per heavy atom. The summed E-state index contributed by atoms with van der Waals surface area (Å²) in [6, 6.07) is 0. The van der Waals surface area contributed by atoms with Crippen LogP contribution in [0.4, 0.5) is 0 Å². The van der Waals surface area contributed by atoms with Crippen molar-refractivity contribution in [3.05, 3.63) is 12.4 Å². The monoisotopic (exact) mass is 232 g/mol. The summed E-state index contributed by atoms with van der Waals surface area (Å²) in [4.78, 5) is 0. The maximum Gasteiger partial charge on any atom is 0.163 e. The van der Waals surface area contributed by atoms with Crippen LogP contribution in [0.1, 0.15) is 7.43 Å². The molecule has 0 atom stereocenters. The van der Waals surface area contributed by atoms with Crippen molar-refractivity contribution in [3.63, 3.8) is 0 Å². The van der Waals surface area contributed by atoms with E-state index in [-0.39, 0.29) is 7.43 Å². The molecule has 0 aromatic carbocycles. The smallest absolute Gasteiger partial charge is 0.163 e. The first kappa shape index (κ1) is 18.3. The predicted octanol–water partition coefficient (Wildman–Crippen LogP) is 4.15. The van der Waals surface area contributed by atoms with E-state index in [1.165, 1.54) is 19.1 Å². The van der Waals surface area contributed by atoms with Gasteiger partial charge in [0.15, 0.2) is 6.49 Å². The van der Waals surface area contributed by atoms with Gasteiger partial charge in [-0.2, -0.15) is 0 Å². The van der Waals surface area contributed by atoms with Gasteiger partial charge in [-0.3, -0.25) is 0 Å². The Bertz CT molecular complexity index is 193. The SMILES string of the molecule is C.C=CP(C)(C)=O.CP(C)(=O)Cl. The highest BCUT2D eigenvalue weighted by atomic mass is 35.7. The molecular weight excluding hydrogens is 213 g/mol. The zero-order chi connectivity index (χ0) is 9.71. The van der Waals surface area contributed by atoms with Crippen LogP contribution in [0.25, 0.3) is 0 Å². The third-order valence-electron chi connectivity index (χ3n) is 0.440. The van der Waals surface area contributed by atoms with Gasteiger partial charge in [-0.15, -0.1) is 0 Å². The summed E-state index contributed by atoms with van der Waals surface area (Å²) in [5.74, 6) is 1.49. The fourth-order valence-electron chi connectivity index (χ4n) is 0. The van der Waals surface area contributed by atoms with E-state index in [9.17, 15) is 9.13 Å². The molecule has 0 saturated carbocycles. The van der Waals surface area contributed by atoms with E-state index in [0.29, 0.717) is 0 Å². The number of hydrogen-bond acceptors (Lipinski definition) is 2. The van der Waals surface area contributed by atoms with Crippen molar-refractivity contribution in [2.75, 3.05) is 26.7 Å². The maximum absolute atomic E-state index is 10.5. The van der Waals surface area contributed by atoms with E-state index in [2.05, 4.69) is 6.58 Å². The Hall–Kier alpha value is 0.490. The van der Waals surface area contributed by atoms with Gasteiger partial charge in [0, 0.05) is 13.3 Å². The molecule has 0 amide bonds. The summed E-state index contributed by atoms with van der Waals surface area (Å²) in [6.07, 6.45) is 0. The van der Waals surface area contributed by atoms with Crippen molar-refractivity contribution in [2.45, 2.75) is 7.43 Å². The Morgan fingerprint density at radius 3 is 1.25 bits per heavy atom. The Balaban J connectivity index is -0.000000126. The third-order valence-corrected chi connectivity index (χ3v) is 1.32. The average Bonchev–Trinajstić information content (AvgIpc) is 1.59. The normalized spacial score (nSPS) is 10.4. The van der Waals surface area contributed by atoms with Crippen LogP contribution >= 0.6 is 24.9 Å². The predicted molar refractivity (Wildman–Crippen MR) is 61.7 cm³/mol. The summed E-state index contributed by atoms with van der Waals surface area (Å²) >= 11 is 5.09. The van der Waals surface area contributed by atoms with E-state index in [1.54, 1.807) is 13.3 Å². The van der Waals surface area contributed by atoms with E-state index >= 15 is 0 Å². The molecule has 0 aromatic heterocycles. The summed E-state index contributed by atoms with van der Waals surface area (Å²) in [6.45, 7) is 7.58. The average molecular weight is 233 g/mol. The quantitative estimate of drug-likeness (QED) is 0.637. The molecule has 0 bridgehead atoms.